The van der Waals surface area contributed by atoms with Crippen molar-refractivity contribution < 1.29 is 14.1 Å². The molecule has 190 valence electrons. The van der Waals surface area contributed by atoms with Crippen LogP contribution in [0.2, 0.25) is 0 Å². The Hall–Kier alpha value is -4.15. The molecule has 0 saturated carbocycles. The first-order valence-corrected chi connectivity index (χ1v) is 13.1. The minimum absolute atomic E-state index is 0.0742. The third-order valence-corrected chi connectivity index (χ3v) is 7.43. The van der Waals surface area contributed by atoms with E-state index in [0.717, 1.165) is 42.3 Å². The second-order valence-electron chi connectivity index (χ2n) is 8.50. The Balaban J connectivity index is 1.27. The van der Waals surface area contributed by atoms with E-state index in [-0.39, 0.29) is 11.4 Å². The van der Waals surface area contributed by atoms with Crippen LogP contribution in [0.4, 0.5) is 5.69 Å². The van der Waals surface area contributed by atoms with Gasteiger partial charge in [-0.1, -0.05) is 27.7 Å². The molecule has 0 unspecified atom stereocenters. The van der Waals surface area contributed by atoms with Crippen LogP contribution in [0.25, 0.3) is 16.7 Å². The van der Waals surface area contributed by atoms with E-state index in [2.05, 4.69) is 31.0 Å². The SMILES string of the molecule is Cc1cc(/C=N/NC(=O)c2cc3cc(Br)ccc3o2)c(C)n1-c1ccc(Sc2ccc([N+](=O)[O-])cc2)cc1. The number of furan rings is 1. The van der Waals surface area contributed by atoms with Gasteiger partial charge in [0, 0.05) is 54.4 Å². The number of carbonyl (C=O) groups excluding carboxylic acids is 1. The number of amides is 1. The van der Waals surface area contributed by atoms with Gasteiger partial charge in [0.15, 0.2) is 5.76 Å². The minimum atomic E-state index is -0.427. The Morgan fingerprint density at radius 2 is 1.71 bits per heavy atom. The second-order valence-corrected chi connectivity index (χ2v) is 10.6. The number of carbonyl (C=O) groups is 1. The molecule has 0 fully saturated rings. The first-order chi connectivity index (χ1) is 18.3. The number of nitro groups is 1. The Kier molecular flexibility index (Phi) is 7.17. The van der Waals surface area contributed by atoms with Crippen LogP contribution in [-0.4, -0.2) is 21.6 Å². The summed E-state index contributed by atoms with van der Waals surface area (Å²) in [6.07, 6.45) is 1.62. The van der Waals surface area contributed by atoms with Gasteiger partial charge in [-0.2, -0.15) is 5.10 Å². The second kappa shape index (κ2) is 10.7. The zero-order valence-electron chi connectivity index (χ0n) is 20.3. The Morgan fingerprint density at radius 1 is 1.03 bits per heavy atom. The first-order valence-electron chi connectivity index (χ1n) is 11.5. The number of fused-ring (bicyclic) bond motifs is 1. The number of aryl methyl sites for hydroxylation is 1. The van der Waals surface area contributed by atoms with Crippen molar-refractivity contribution in [2.45, 2.75) is 23.6 Å². The number of rotatable bonds is 7. The standard InChI is InChI=1S/C28H21BrN4O4S/c1-17-13-20(16-30-31-28(34)27-15-19-14-21(29)3-12-26(19)37-27)18(2)32(17)22-4-8-24(9-5-22)38-25-10-6-23(7-11-25)33(35)36/h3-16H,1-2H3,(H,31,34)/b30-16+. The van der Waals surface area contributed by atoms with Crippen LogP contribution in [-0.2, 0) is 0 Å². The zero-order valence-corrected chi connectivity index (χ0v) is 22.7. The van der Waals surface area contributed by atoms with E-state index < -0.39 is 10.8 Å². The molecule has 0 aliphatic carbocycles. The average Bonchev–Trinajstić information content (AvgIpc) is 3.44. The Bertz CT molecular complexity index is 1690. The molecule has 0 aliphatic heterocycles. The number of nitro benzene ring substituents is 1. The zero-order chi connectivity index (χ0) is 26.8. The lowest BCUT2D eigenvalue weighted by Gasteiger charge is -2.10. The molecule has 8 nitrogen and oxygen atoms in total. The van der Waals surface area contributed by atoms with Crippen LogP contribution in [0.3, 0.4) is 0 Å². The minimum Gasteiger partial charge on any atom is -0.451 e. The number of halogens is 1. The predicted octanol–water partition coefficient (Wildman–Crippen LogP) is 7.43. The van der Waals surface area contributed by atoms with Crippen molar-refractivity contribution in [3.63, 3.8) is 0 Å². The monoisotopic (exact) mass is 588 g/mol. The molecule has 5 rings (SSSR count). The number of nitrogens with zero attached hydrogens (tertiary/aromatic N) is 3. The molecule has 0 radical (unpaired) electrons. The molecular formula is C28H21BrN4O4S. The van der Waals surface area contributed by atoms with Crippen LogP contribution in [0.15, 0.2) is 103 Å². The fourth-order valence-electron chi connectivity index (χ4n) is 4.09. The highest BCUT2D eigenvalue weighted by Crippen LogP contribution is 2.30. The van der Waals surface area contributed by atoms with Gasteiger partial charge in [-0.25, -0.2) is 5.43 Å². The number of aromatic nitrogens is 1. The summed E-state index contributed by atoms with van der Waals surface area (Å²) in [5, 5.41) is 15.8. The van der Waals surface area contributed by atoms with Gasteiger partial charge in [0.25, 0.3) is 5.69 Å². The maximum absolute atomic E-state index is 12.5. The third kappa shape index (κ3) is 5.41. The lowest BCUT2D eigenvalue weighted by atomic mass is 10.2. The van der Waals surface area contributed by atoms with E-state index in [9.17, 15) is 14.9 Å². The van der Waals surface area contributed by atoms with Crippen molar-refractivity contribution in [2.24, 2.45) is 5.10 Å². The van der Waals surface area contributed by atoms with Gasteiger partial charge in [0.05, 0.1) is 11.1 Å². The fourth-order valence-corrected chi connectivity index (χ4v) is 5.29. The molecule has 0 spiro atoms. The molecular weight excluding hydrogens is 568 g/mol. The summed E-state index contributed by atoms with van der Waals surface area (Å²) in [5.41, 5.74) is 7.10. The molecule has 0 saturated heterocycles. The quantitative estimate of drug-likeness (QED) is 0.121. The van der Waals surface area contributed by atoms with E-state index in [0.29, 0.717) is 5.58 Å². The lowest BCUT2D eigenvalue weighted by molar-refractivity contribution is -0.384. The van der Waals surface area contributed by atoms with Gasteiger partial charge in [0.2, 0.25) is 0 Å². The number of nitrogens with one attached hydrogen (secondary N) is 1. The number of non-ortho nitro benzene ring substituents is 1. The molecule has 1 amide bonds. The molecule has 0 bridgehead atoms. The molecule has 1 N–H and O–H groups in total. The van der Waals surface area contributed by atoms with Gasteiger partial charge < -0.3 is 8.98 Å². The van der Waals surface area contributed by atoms with Crippen LogP contribution >= 0.6 is 27.7 Å². The van der Waals surface area contributed by atoms with E-state index in [4.69, 9.17) is 4.42 Å². The van der Waals surface area contributed by atoms with Gasteiger partial charge >= 0.3 is 5.91 Å². The molecule has 2 aromatic heterocycles. The van der Waals surface area contributed by atoms with Gasteiger partial charge in [-0.15, -0.1) is 0 Å². The molecule has 5 aromatic rings. The smallest absolute Gasteiger partial charge is 0.307 e. The fraction of sp³-hybridized carbons (Fsp3) is 0.0714. The summed E-state index contributed by atoms with van der Waals surface area (Å²) in [6.45, 7) is 4.00. The maximum Gasteiger partial charge on any atom is 0.307 e. The molecule has 0 aliphatic rings. The Labute approximate surface area is 230 Å². The van der Waals surface area contributed by atoms with Crippen LogP contribution in [0.5, 0.6) is 0 Å². The summed E-state index contributed by atoms with van der Waals surface area (Å²) in [7, 11) is 0. The average molecular weight is 589 g/mol. The largest absolute Gasteiger partial charge is 0.451 e. The van der Waals surface area contributed by atoms with E-state index >= 15 is 0 Å². The van der Waals surface area contributed by atoms with Gasteiger partial charge in [0.1, 0.15) is 5.58 Å². The highest BCUT2D eigenvalue weighted by Gasteiger charge is 2.13. The van der Waals surface area contributed by atoms with Gasteiger partial charge in [-0.05, 0) is 80.6 Å². The summed E-state index contributed by atoms with van der Waals surface area (Å²) in [5.74, 6) is -0.240. The Morgan fingerprint density at radius 3 is 2.39 bits per heavy atom. The van der Waals surface area contributed by atoms with Crippen LogP contribution in [0, 0.1) is 24.0 Å². The number of benzene rings is 3. The molecule has 10 heteroatoms. The third-order valence-electron chi connectivity index (χ3n) is 5.92. The van der Waals surface area contributed by atoms with E-state index in [1.807, 2.05) is 56.3 Å². The number of hydrazone groups is 1. The molecule has 0 atom stereocenters. The van der Waals surface area contributed by atoms with Crippen molar-refractivity contribution in [3.05, 3.63) is 116 Å². The number of hydrogen-bond acceptors (Lipinski definition) is 6. The normalized spacial score (nSPS) is 11.3. The topological polar surface area (TPSA) is 103 Å². The van der Waals surface area contributed by atoms with Gasteiger partial charge in [-0.3, -0.25) is 14.9 Å². The van der Waals surface area contributed by atoms with Crippen LogP contribution in [0.1, 0.15) is 27.5 Å². The summed E-state index contributed by atoms with van der Waals surface area (Å²) < 4.78 is 8.63. The first kappa shape index (κ1) is 25.5. The molecule has 3 aromatic carbocycles. The maximum atomic E-state index is 12.5. The van der Waals surface area contributed by atoms with E-state index in [1.165, 1.54) is 23.9 Å². The number of hydrogen-bond donors (Lipinski definition) is 1. The van der Waals surface area contributed by atoms with Crippen molar-refractivity contribution in [2.75, 3.05) is 0 Å². The highest BCUT2D eigenvalue weighted by molar-refractivity contribution is 9.10. The van der Waals surface area contributed by atoms with Crippen molar-refractivity contribution in [3.8, 4) is 5.69 Å². The lowest BCUT2D eigenvalue weighted by Crippen LogP contribution is -2.16. The molecule has 2 heterocycles. The highest BCUT2D eigenvalue weighted by atomic mass is 79.9. The summed E-state index contributed by atoms with van der Waals surface area (Å²) >= 11 is 4.95. The van der Waals surface area contributed by atoms with Crippen LogP contribution < -0.4 is 5.43 Å². The molecule has 38 heavy (non-hydrogen) atoms. The summed E-state index contributed by atoms with van der Waals surface area (Å²) in [6, 6.07) is 23.8. The van der Waals surface area contributed by atoms with E-state index in [1.54, 1.807) is 30.5 Å². The summed E-state index contributed by atoms with van der Waals surface area (Å²) in [4.78, 5) is 24.9. The van der Waals surface area contributed by atoms with Crippen molar-refractivity contribution in [1.29, 1.82) is 0 Å². The van der Waals surface area contributed by atoms with Crippen molar-refractivity contribution >= 4 is 56.5 Å². The predicted molar refractivity (Wildman–Crippen MR) is 151 cm³/mol. The van der Waals surface area contributed by atoms with Crippen molar-refractivity contribution in [1.82, 2.24) is 9.99 Å².